The van der Waals surface area contributed by atoms with Crippen molar-refractivity contribution >= 4 is 0 Å². The van der Waals surface area contributed by atoms with Crippen LogP contribution in [0.25, 0.3) is 0 Å². The Morgan fingerprint density at radius 3 is 2.88 bits per heavy atom. The van der Waals surface area contributed by atoms with E-state index in [0.29, 0.717) is 12.5 Å². The van der Waals surface area contributed by atoms with Crippen LogP contribution >= 0.6 is 0 Å². The number of aryl methyl sites for hydroxylation is 1. The lowest BCUT2D eigenvalue weighted by Gasteiger charge is -2.27. The predicted octanol–water partition coefficient (Wildman–Crippen LogP) is 1.73. The molecule has 0 radical (unpaired) electrons. The average Bonchev–Trinajstić information content (AvgIpc) is 2.37. The highest BCUT2D eigenvalue weighted by molar-refractivity contribution is 5.27. The second-order valence-corrected chi connectivity index (χ2v) is 4.78. The molecular weight excluding hydrogens is 214 g/mol. The van der Waals surface area contributed by atoms with Crippen molar-refractivity contribution in [3.8, 4) is 5.75 Å². The summed E-state index contributed by atoms with van der Waals surface area (Å²) in [4.78, 5) is 0. The van der Waals surface area contributed by atoms with Crippen molar-refractivity contribution in [2.24, 2.45) is 5.92 Å². The fourth-order valence-electron chi connectivity index (χ4n) is 2.25. The highest BCUT2D eigenvalue weighted by Gasteiger charge is 2.21. The molecule has 1 fully saturated rings. The van der Waals surface area contributed by atoms with Gasteiger partial charge in [-0.1, -0.05) is 12.1 Å². The molecule has 1 unspecified atom stereocenters. The van der Waals surface area contributed by atoms with Gasteiger partial charge in [-0.05, 0) is 56.5 Å². The molecule has 2 rings (SSSR count). The minimum absolute atomic E-state index is 0.349. The molecule has 94 valence electrons. The van der Waals surface area contributed by atoms with Gasteiger partial charge in [0.05, 0.1) is 6.10 Å². The Kier molecular flexibility index (Phi) is 4.40. The van der Waals surface area contributed by atoms with Crippen LogP contribution in [0.3, 0.4) is 0 Å². The molecule has 1 atom stereocenters. The fraction of sp³-hybridized carbons (Fsp3) is 0.571. The van der Waals surface area contributed by atoms with Crippen LogP contribution in [0.15, 0.2) is 24.3 Å². The summed E-state index contributed by atoms with van der Waals surface area (Å²) in [5.74, 6) is 1.22. The lowest BCUT2D eigenvalue weighted by atomic mass is 9.93. The summed E-state index contributed by atoms with van der Waals surface area (Å²) >= 11 is 0. The Morgan fingerprint density at radius 1 is 1.41 bits per heavy atom. The first-order valence-corrected chi connectivity index (χ1v) is 6.34. The molecule has 1 aromatic rings. The number of rotatable bonds is 4. The van der Waals surface area contributed by atoms with Crippen molar-refractivity contribution in [1.29, 1.82) is 0 Å². The third-order valence-electron chi connectivity index (χ3n) is 3.34. The van der Waals surface area contributed by atoms with E-state index in [0.717, 1.165) is 31.7 Å². The molecule has 0 spiro atoms. The van der Waals surface area contributed by atoms with Crippen molar-refractivity contribution in [2.45, 2.75) is 25.9 Å². The Bertz CT molecular complexity index is 348. The number of aliphatic hydroxyl groups excluding tert-OH is 1. The maximum Gasteiger partial charge on any atom is 0.119 e. The predicted molar refractivity (Wildman–Crippen MR) is 68.3 cm³/mol. The summed E-state index contributed by atoms with van der Waals surface area (Å²) in [5, 5.41) is 13.4. The van der Waals surface area contributed by atoms with Gasteiger partial charge in [0.15, 0.2) is 0 Å². The Labute approximate surface area is 103 Å². The molecule has 1 saturated heterocycles. The number of aliphatic hydroxyl groups is 1. The Balaban J connectivity index is 1.80. The van der Waals surface area contributed by atoms with Gasteiger partial charge in [-0.2, -0.15) is 0 Å². The number of hydrogen-bond acceptors (Lipinski definition) is 3. The van der Waals surface area contributed by atoms with E-state index in [9.17, 15) is 5.11 Å². The monoisotopic (exact) mass is 235 g/mol. The lowest BCUT2D eigenvalue weighted by molar-refractivity contribution is 0.0442. The van der Waals surface area contributed by atoms with E-state index < -0.39 is 0 Å². The van der Waals surface area contributed by atoms with E-state index in [4.69, 9.17) is 4.74 Å². The van der Waals surface area contributed by atoms with Crippen LogP contribution in [0.2, 0.25) is 0 Å². The SMILES string of the molecule is Cc1cccc(OCC(O)C2CCNCC2)c1. The van der Waals surface area contributed by atoms with Crippen LogP contribution in [-0.4, -0.2) is 30.9 Å². The molecule has 1 heterocycles. The first kappa shape index (κ1) is 12.4. The van der Waals surface area contributed by atoms with Crippen molar-refractivity contribution in [3.63, 3.8) is 0 Å². The summed E-state index contributed by atoms with van der Waals surface area (Å²) in [6, 6.07) is 7.94. The van der Waals surface area contributed by atoms with E-state index >= 15 is 0 Å². The van der Waals surface area contributed by atoms with Crippen molar-refractivity contribution in [3.05, 3.63) is 29.8 Å². The summed E-state index contributed by atoms with van der Waals surface area (Å²) < 4.78 is 5.63. The van der Waals surface area contributed by atoms with Gasteiger partial charge in [-0.15, -0.1) is 0 Å². The molecule has 1 aromatic carbocycles. The van der Waals surface area contributed by atoms with Gasteiger partial charge < -0.3 is 15.2 Å². The van der Waals surface area contributed by atoms with E-state index in [1.54, 1.807) is 0 Å². The zero-order valence-corrected chi connectivity index (χ0v) is 10.4. The van der Waals surface area contributed by atoms with Gasteiger partial charge in [-0.25, -0.2) is 0 Å². The number of piperidine rings is 1. The van der Waals surface area contributed by atoms with Gasteiger partial charge in [0.1, 0.15) is 12.4 Å². The molecule has 0 bridgehead atoms. The fourth-order valence-corrected chi connectivity index (χ4v) is 2.25. The van der Waals surface area contributed by atoms with E-state index in [2.05, 4.69) is 5.32 Å². The minimum atomic E-state index is -0.349. The summed E-state index contributed by atoms with van der Waals surface area (Å²) in [7, 11) is 0. The molecule has 1 aliphatic rings. The highest BCUT2D eigenvalue weighted by Crippen LogP contribution is 2.18. The molecule has 0 amide bonds. The van der Waals surface area contributed by atoms with Crippen molar-refractivity contribution in [2.75, 3.05) is 19.7 Å². The normalized spacial score (nSPS) is 18.9. The molecule has 2 N–H and O–H groups in total. The third kappa shape index (κ3) is 3.72. The molecule has 0 saturated carbocycles. The molecule has 1 aliphatic heterocycles. The van der Waals surface area contributed by atoms with E-state index in [1.165, 1.54) is 5.56 Å². The second kappa shape index (κ2) is 6.03. The van der Waals surface area contributed by atoms with Crippen molar-refractivity contribution < 1.29 is 9.84 Å². The largest absolute Gasteiger partial charge is 0.491 e. The van der Waals surface area contributed by atoms with Gasteiger partial charge in [0.2, 0.25) is 0 Å². The van der Waals surface area contributed by atoms with E-state index in [-0.39, 0.29) is 6.10 Å². The Hall–Kier alpha value is -1.06. The van der Waals surface area contributed by atoms with Gasteiger partial charge in [-0.3, -0.25) is 0 Å². The topological polar surface area (TPSA) is 41.5 Å². The summed E-state index contributed by atoms with van der Waals surface area (Å²) in [6.45, 7) is 4.45. The van der Waals surface area contributed by atoms with Crippen LogP contribution in [0.4, 0.5) is 0 Å². The number of nitrogens with one attached hydrogen (secondary N) is 1. The number of hydrogen-bond donors (Lipinski definition) is 2. The average molecular weight is 235 g/mol. The number of benzene rings is 1. The maximum atomic E-state index is 10.1. The zero-order chi connectivity index (χ0) is 12.1. The summed E-state index contributed by atoms with van der Waals surface area (Å²) in [5.41, 5.74) is 1.18. The molecular formula is C14H21NO2. The number of ether oxygens (including phenoxy) is 1. The van der Waals surface area contributed by atoms with Crippen LogP contribution < -0.4 is 10.1 Å². The van der Waals surface area contributed by atoms with Gasteiger partial charge in [0.25, 0.3) is 0 Å². The van der Waals surface area contributed by atoms with Crippen molar-refractivity contribution in [1.82, 2.24) is 5.32 Å². The second-order valence-electron chi connectivity index (χ2n) is 4.78. The zero-order valence-electron chi connectivity index (χ0n) is 10.4. The van der Waals surface area contributed by atoms with Crippen LogP contribution in [0.5, 0.6) is 5.75 Å². The standard InChI is InChI=1S/C14H21NO2/c1-11-3-2-4-13(9-11)17-10-14(16)12-5-7-15-8-6-12/h2-4,9,12,14-16H,5-8,10H2,1H3. The lowest BCUT2D eigenvalue weighted by Crippen LogP contribution is -2.36. The van der Waals surface area contributed by atoms with Gasteiger partial charge >= 0.3 is 0 Å². The summed E-state index contributed by atoms with van der Waals surface area (Å²) in [6.07, 6.45) is 1.73. The van der Waals surface area contributed by atoms with Gasteiger partial charge in [0, 0.05) is 0 Å². The molecule has 0 aliphatic carbocycles. The quantitative estimate of drug-likeness (QED) is 0.835. The first-order chi connectivity index (χ1) is 8.25. The molecule has 3 heteroatoms. The van der Waals surface area contributed by atoms with Crippen LogP contribution in [0.1, 0.15) is 18.4 Å². The molecule has 17 heavy (non-hydrogen) atoms. The maximum absolute atomic E-state index is 10.1. The minimum Gasteiger partial charge on any atom is -0.491 e. The smallest absolute Gasteiger partial charge is 0.119 e. The van der Waals surface area contributed by atoms with E-state index in [1.807, 2.05) is 31.2 Å². The molecule has 0 aromatic heterocycles. The third-order valence-corrected chi connectivity index (χ3v) is 3.34. The Morgan fingerprint density at radius 2 is 2.18 bits per heavy atom. The molecule has 3 nitrogen and oxygen atoms in total. The first-order valence-electron chi connectivity index (χ1n) is 6.34. The van der Waals surface area contributed by atoms with Crippen LogP contribution in [0, 0.1) is 12.8 Å². The highest BCUT2D eigenvalue weighted by atomic mass is 16.5. The van der Waals surface area contributed by atoms with Crippen LogP contribution in [-0.2, 0) is 0 Å².